The van der Waals surface area contributed by atoms with Crippen LogP contribution < -0.4 is 0 Å². The van der Waals surface area contributed by atoms with E-state index in [4.69, 9.17) is 23.2 Å². The number of halogens is 2. The van der Waals surface area contributed by atoms with Crippen LogP contribution in [0.5, 0.6) is 0 Å². The van der Waals surface area contributed by atoms with Crippen LogP contribution in [0.2, 0.25) is 10.0 Å². The molecule has 0 N–H and O–H groups in total. The van der Waals surface area contributed by atoms with E-state index in [9.17, 15) is 4.55 Å². The topological polar surface area (TPSA) is 23.1 Å². The maximum Gasteiger partial charge on any atom is 0.155 e. The summed E-state index contributed by atoms with van der Waals surface area (Å²) in [4.78, 5) is 0.690. The molecule has 0 radical (unpaired) electrons. The zero-order valence-electron chi connectivity index (χ0n) is 6.51. The fourth-order valence-electron chi connectivity index (χ4n) is 0.827. The molecule has 0 spiro atoms. The van der Waals surface area contributed by atoms with Crippen LogP contribution in [0.3, 0.4) is 0 Å². The van der Waals surface area contributed by atoms with Crippen LogP contribution in [0, 0.1) is 0 Å². The first-order valence-corrected chi connectivity index (χ1v) is 5.55. The Morgan fingerprint density at radius 1 is 1.25 bits per heavy atom. The monoisotopic (exact) mass is 222 g/mol. The molecule has 66 valence electrons. The van der Waals surface area contributed by atoms with Gasteiger partial charge in [-0.25, -0.2) is 0 Å². The van der Waals surface area contributed by atoms with E-state index >= 15 is 0 Å². The van der Waals surface area contributed by atoms with Gasteiger partial charge in [-0.1, -0.05) is 23.2 Å². The third-order valence-corrected chi connectivity index (χ3v) is 3.08. The molecule has 1 nitrogen and oxygen atoms in total. The van der Waals surface area contributed by atoms with Crippen LogP contribution in [-0.4, -0.2) is 10.3 Å². The van der Waals surface area contributed by atoms with Gasteiger partial charge in [0.25, 0.3) is 0 Å². The highest BCUT2D eigenvalue weighted by atomic mass is 35.5. The second kappa shape index (κ2) is 4.38. The van der Waals surface area contributed by atoms with Gasteiger partial charge in [-0.05, 0) is 24.2 Å². The summed E-state index contributed by atoms with van der Waals surface area (Å²) in [6.07, 6.45) is 0. The third kappa shape index (κ3) is 2.56. The maximum absolute atomic E-state index is 11.3. The molecular weight excluding hydrogens is 215 g/mol. The van der Waals surface area contributed by atoms with Crippen LogP contribution in [0.15, 0.2) is 23.1 Å². The third-order valence-electron chi connectivity index (χ3n) is 1.36. The number of hydrogen-bond acceptors (Lipinski definition) is 1. The van der Waals surface area contributed by atoms with Crippen molar-refractivity contribution in [3.8, 4) is 0 Å². The Morgan fingerprint density at radius 3 is 2.17 bits per heavy atom. The first-order valence-electron chi connectivity index (χ1n) is 3.48. The molecule has 1 aromatic rings. The predicted molar refractivity (Wildman–Crippen MR) is 53.4 cm³/mol. The zero-order valence-corrected chi connectivity index (χ0v) is 8.84. The van der Waals surface area contributed by atoms with Gasteiger partial charge in [0.2, 0.25) is 0 Å². The van der Waals surface area contributed by atoms with Crippen LogP contribution in [-0.2, 0) is 11.2 Å². The Bertz CT molecular complexity index is 258. The second-order valence-electron chi connectivity index (χ2n) is 2.24. The standard InChI is InChI=1S/C8H8Cl2OS/c1-2-12(11)8-4-6(9)3-7(10)5-8/h3-5H,2H2,1H3. The Hall–Kier alpha value is 0.110. The molecule has 0 aromatic heterocycles. The minimum atomic E-state index is -0.980. The number of hydrogen-bond donors (Lipinski definition) is 0. The van der Waals surface area contributed by atoms with E-state index in [0.717, 1.165) is 0 Å². The van der Waals surface area contributed by atoms with E-state index in [1.807, 2.05) is 6.92 Å². The van der Waals surface area contributed by atoms with Crippen molar-refractivity contribution >= 4 is 34.4 Å². The van der Waals surface area contributed by atoms with E-state index in [1.165, 1.54) is 0 Å². The Labute approximate surface area is 84.9 Å². The normalized spacial score (nSPS) is 13.0. The first kappa shape index (κ1) is 10.2. The minimum Gasteiger partial charge on any atom is -0.611 e. The summed E-state index contributed by atoms with van der Waals surface area (Å²) in [5.41, 5.74) is 0. The van der Waals surface area contributed by atoms with Crippen molar-refractivity contribution in [1.82, 2.24) is 0 Å². The van der Waals surface area contributed by atoms with Gasteiger partial charge >= 0.3 is 0 Å². The summed E-state index contributed by atoms with van der Waals surface area (Å²) in [7, 11) is 0. The number of benzene rings is 1. The van der Waals surface area contributed by atoms with Crippen LogP contribution >= 0.6 is 23.2 Å². The van der Waals surface area contributed by atoms with Gasteiger partial charge in [-0.15, -0.1) is 0 Å². The average molecular weight is 223 g/mol. The Balaban J connectivity index is 3.00. The summed E-state index contributed by atoms with van der Waals surface area (Å²) in [5, 5.41) is 1.05. The Kier molecular flexibility index (Phi) is 3.72. The minimum absolute atomic E-state index is 0.527. The maximum atomic E-state index is 11.3. The van der Waals surface area contributed by atoms with Crippen molar-refractivity contribution < 1.29 is 4.55 Å². The average Bonchev–Trinajstić information content (AvgIpc) is 2.01. The lowest BCUT2D eigenvalue weighted by atomic mass is 10.4. The Morgan fingerprint density at radius 2 is 1.75 bits per heavy atom. The molecule has 0 amide bonds. The smallest absolute Gasteiger partial charge is 0.155 e. The van der Waals surface area contributed by atoms with Crippen LogP contribution in [0.25, 0.3) is 0 Å². The molecule has 1 rings (SSSR count). The molecule has 1 aromatic carbocycles. The fraction of sp³-hybridized carbons (Fsp3) is 0.250. The van der Waals surface area contributed by atoms with Gasteiger partial charge in [0, 0.05) is 22.2 Å². The summed E-state index contributed by atoms with van der Waals surface area (Å²) >= 11 is 10.5. The van der Waals surface area contributed by atoms with Gasteiger partial charge in [-0.2, -0.15) is 0 Å². The molecule has 0 bridgehead atoms. The van der Waals surface area contributed by atoms with E-state index < -0.39 is 11.2 Å². The molecule has 0 saturated carbocycles. The molecule has 12 heavy (non-hydrogen) atoms. The lowest BCUT2D eigenvalue weighted by Gasteiger charge is -2.07. The van der Waals surface area contributed by atoms with E-state index in [-0.39, 0.29) is 0 Å². The van der Waals surface area contributed by atoms with Gasteiger partial charge in [0.15, 0.2) is 4.90 Å². The fourth-order valence-corrected chi connectivity index (χ4v) is 2.33. The number of rotatable bonds is 2. The van der Waals surface area contributed by atoms with Gasteiger partial charge in [0.1, 0.15) is 5.75 Å². The largest absolute Gasteiger partial charge is 0.611 e. The molecule has 0 aliphatic rings. The lowest BCUT2D eigenvalue weighted by Crippen LogP contribution is -2.03. The van der Waals surface area contributed by atoms with Crippen LogP contribution in [0.1, 0.15) is 6.92 Å². The summed E-state index contributed by atoms with van der Waals surface area (Å²) in [6, 6.07) is 4.97. The molecule has 0 saturated heterocycles. The molecule has 0 heterocycles. The zero-order chi connectivity index (χ0) is 9.14. The molecule has 4 heteroatoms. The lowest BCUT2D eigenvalue weighted by molar-refractivity contribution is 0.596. The molecular formula is C8H8Cl2OS. The molecule has 0 aliphatic carbocycles. The van der Waals surface area contributed by atoms with Crippen molar-refractivity contribution in [3.05, 3.63) is 28.2 Å². The molecule has 0 fully saturated rings. The molecule has 1 atom stereocenters. The summed E-state index contributed by atoms with van der Waals surface area (Å²) < 4.78 is 11.3. The molecule has 0 aliphatic heterocycles. The van der Waals surface area contributed by atoms with E-state index in [2.05, 4.69) is 0 Å². The quantitative estimate of drug-likeness (QED) is 0.706. The SMILES string of the molecule is CC[S+]([O-])c1cc(Cl)cc(Cl)c1. The highest BCUT2D eigenvalue weighted by Crippen LogP contribution is 2.22. The van der Waals surface area contributed by atoms with Gasteiger partial charge < -0.3 is 4.55 Å². The van der Waals surface area contributed by atoms with Crippen molar-refractivity contribution in [2.24, 2.45) is 0 Å². The van der Waals surface area contributed by atoms with Crippen LogP contribution in [0.4, 0.5) is 0 Å². The van der Waals surface area contributed by atoms with Crippen molar-refractivity contribution in [2.75, 3.05) is 5.75 Å². The van der Waals surface area contributed by atoms with Gasteiger partial charge in [0.05, 0.1) is 0 Å². The molecule has 1 unspecified atom stereocenters. The van der Waals surface area contributed by atoms with Crippen molar-refractivity contribution in [3.63, 3.8) is 0 Å². The van der Waals surface area contributed by atoms with E-state index in [1.54, 1.807) is 18.2 Å². The predicted octanol–water partition coefficient (Wildman–Crippen LogP) is 3.12. The summed E-state index contributed by atoms with van der Waals surface area (Å²) in [5.74, 6) is 0.580. The first-order chi connectivity index (χ1) is 5.63. The van der Waals surface area contributed by atoms with Gasteiger partial charge in [-0.3, -0.25) is 0 Å². The van der Waals surface area contributed by atoms with Crippen molar-refractivity contribution in [1.29, 1.82) is 0 Å². The second-order valence-corrected chi connectivity index (χ2v) is 4.85. The highest BCUT2D eigenvalue weighted by molar-refractivity contribution is 7.91. The van der Waals surface area contributed by atoms with E-state index in [0.29, 0.717) is 20.7 Å². The van der Waals surface area contributed by atoms with Crippen molar-refractivity contribution in [2.45, 2.75) is 11.8 Å². The summed E-state index contributed by atoms with van der Waals surface area (Å²) in [6.45, 7) is 1.85. The highest BCUT2D eigenvalue weighted by Gasteiger charge is 2.09.